The van der Waals surface area contributed by atoms with Crippen molar-refractivity contribution >= 4 is 70.6 Å². The molecule has 6 fully saturated rings. The number of nitrogens with two attached hydrogens (primary N) is 1. The molecule has 7 aliphatic heterocycles. The minimum absolute atomic E-state index is 0.00583. The highest BCUT2D eigenvalue weighted by Crippen LogP contribution is 2.55. The molecular formula is C100H133ClN14O26. The van der Waals surface area contributed by atoms with Crippen LogP contribution in [-0.4, -0.2) is 252 Å². The quantitative estimate of drug-likeness (QED) is 0.0235. The monoisotopic (exact) mass is 1980 g/mol. The molecule has 0 aromatic heterocycles. The Morgan fingerprint density at radius 1 is 0.617 bits per heavy atom. The number of likely N-dealkylation sites (N-methyl/N-ethyl adjacent to an activating group) is 1. The van der Waals surface area contributed by atoms with Gasteiger partial charge in [-0.2, -0.15) is 0 Å². The number of carbonyl (C=O) groups excluding carboxylic acids is 9. The zero-order valence-corrected chi connectivity index (χ0v) is 81.4. The number of nitrogens with one attached hydrogen (secondary N) is 13. The summed E-state index contributed by atoms with van der Waals surface area (Å²) in [4.78, 5) is 142. The second-order valence-electron chi connectivity index (χ2n) is 38.6. The molecule has 41 heteroatoms. The molecule has 0 radical (unpaired) electrons. The maximum Gasteiger partial charge on any atom is 0.325 e. The molecule has 0 unspecified atom stereocenters. The number of amides is 10. The molecule has 6 aromatic carbocycles. The van der Waals surface area contributed by atoms with Crippen LogP contribution in [0.3, 0.4) is 0 Å². The number of rotatable bonds is 33. The predicted molar refractivity (Wildman–Crippen MR) is 514 cm³/mol. The summed E-state index contributed by atoms with van der Waals surface area (Å²) in [5.74, 6) is -11.1. The number of carbonyl (C=O) groups is 9. The third-order valence-electron chi connectivity index (χ3n) is 27.2. The standard InChI is InChI=1S/C100H133ClN14O26/c1-11-20-104-23-26-133-69-41-59(42-70(134-27-24-105-21-12-2)87(69)135-28-25-106-22-13-3)107-99(132)109-74(119)44-65-92(126)111-79-58-39-71(137-67-18-15-54(30-48(67)6)83(120)81(96(130)108-65)114-91(125)64(103-10)29-47(4)5)88(141-98-89(86(123)85(122)73(46-116)139-98)140-75-45-100(9,102)90(124)50(8)136-75)72(40-58)138-68-19-16-55(38-63(68)101)84(121)82-97(131)113-80(95(129)110-77-56-33-51-32-52(35-56)36-57(77)34-51)62-43-60(117)31-49(7)76(62)61-37-53(14-17-66(61)118)78(93(127)115-82)112-94(79)128/h14-19,30-31,37-43,47,50-52,56-57,64-65,73,75,77-86,89-90,98,103-106,116-118,120-124H,11-13,20-29,32-36,44-46,102H2,1-10H3,(H,108,130)(H,110,129)(H,111,126)(H,112,128)(H,113,131)(H,114,125)(H,115,127)(H2,107,109,119,132)/t50-,51?,52?,56?,57?,64+,65-,73+,75-,77?,78+,79+,80-,81+,82-,83+,84+,85+,86-,89+,90+,98-,100-/m0/s1. The van der Waals surface area contributed by atoms with Crippen LogP contribution in [0, 0.1) is 43.4 Å². The number of hydrogen-bond donors (Lipinski definition) is 22. The van der Waals surface area contributed by atoms with E-state index < -0.39 is 204 Å². The lowest BCUT2D eigenvalue weighted by Crippen LogP contribution is -2.64. The maximum absolute atomic E-state index is 17.0. The van der Waals surface area contributed by atoms with Crippen molar-refractivity contribution in [3.05, 3.63) is 135 Å². The van der Waals surface area contributed by atoms with Gasteiger partial charge in [-0.3, -0.25) is 43.7 Å². The van der Waals surface area contributed by atoms with Gasteiger partial charge in [-0.25, -0.2) is 4.79 Å². The van der Waals surface area contributed by atoms with Crippen LogP contribution in [0.2, 0.25) is 5.02 Å². The number of aromatic hydroxyl groups is 2. The second-order valence-corrected chi connectivity index (χ2v) is 39.0. The Morgan fingerprint density at radius 3 is 1.82 bits per heavy atom. The predicted octanol–water partition coefficient (Wildman–Crippen LogP) is 5.22. The van der Waals surface area contributed by atoms with Crippen LogP contribution in [0.15, 0.2) is 91.0 Å². The molecule has 15 bridgehead atoms. The summed E-state index contributed by atoms with van der Waals surface area (Å²) < 4.78 is 58.7. The molecule has 10 amide bonds. The van der Waals surface area contributed by atoms with E-state index in [4.69, 9.17) is 60.0 Å². The Labute approximate surface area is 822 Å². The van der Waals surface area contributed by atoms with Crippen LogP contribution in [0.25, 0.3) is 11.1 Å². The molecule has 18 atom stereocenters. The largest absolute Gasteiger partial charge is 0.508 e. The number of urea groups is 1. The van der Waals surface area contributed by atoms with E-state index in [1.165, 1.54) is 107 Å². The first-order chi connectivity index (χ1) is 67.4. The number of halogens is 1. The first kappa shape index (κ1) is 105. The summed E-state index contributed by atoms with van der Waals surface area (Å²) in [6.45, 7) is 18.6. The number of aryl methyl sites for hydroxylation is 2. The number of phenolic OH excluding ortho intramolecular Hbond substituents is 2. The van der Waals surface area contributed by atoms with Crippen LogP contribution in [0.1, 0.15) is 188 Å². The molecule has 2 saturated heterocycles. The lowest BCUT2D eigenvalue weighted by Gasteiger charge is -2.54. The molecule has 6 aromatic rings. The van der Waals surface area contributed by atoms with Crippen molar-refractivity contribution in [1.82, 2.24) is 63.8 Å². The molecule has 4 aliphatic carbocycles. The van der Waals surface area contributed by atoms with Gasteiger partial charge in [-0.15, -0.1) is 0 Å². The Hall–Kier alpha value is -11.3. The van der Waals surface area contributed by atoms with Crippen molar-refractivity contribution < 1.29 is 127 Å². The molecule has 141 heavy (non-hydrogen) atoms. The van der Waals surface area contributed by atoms with Crippen molar-refractivity contribution in [3.8, 4) is 68.6 Å². The van der Waals surface area contributed by atoms with Crippen molar-refractivity contribution in [2.75, 3.05) is 78.1 Å². The molecule has 0 spiro atoms. The average molecular weight is 1980 g/mol. The van der Waals surface area contributed by atoms with Crippen molar-refractivity contribution in [1.29, 1.82) is 0 Å². The fourth-order valence-corrected chi connectivity index (χ4v) is 20.5. The highest BCUT2D eigenvalue weighted by molar-refractivity contribution is 6.32. The van der Waals surface area contributed by atoms with Gasteiger partial charge in [0.15, 0.2) is 35.4 Å². The Balaban J connectivity index is 0.940. The van der Waals surface area contributed by atoms with Gasteiger partial charge in [-0.05, 0) is 247 Å². The number of benzene rings is 6. The molecule has 23 N–H and O–H groups in total. The minimum atomic E-state index is -2.39. The van der Waals surface area contributed by atoms with E-state index in [1.54, 1.807) is 6.92 Å². The summed E-state index contributed by atoms with van der Waals surface area (Å²) in [6, 6.07) is 3.64. The molecule has 766 valence electrons. The van der Waals surface area contributed by atoms with Gasteiger partial charge in [0.05, 0.1) is 42.0 Å². The van der Waals surface area contributed by atoms with Gasteiger partial charge in [0.25, 0.3) is 0 Å². The molecule has 17 rings (SSSR count). The third-order valence-corrected chi connectivity index (χ3v) is 27.5. The number of anilines is 1. The molecule has 11 aliphatic rings. The number of ether oxygens (including phenoxy) is 9. The summed E-state index contributed by atoms with van der Waals surface area (Å²) in [7, 11) is 1.50. The van der Waals surface area contributed by atoms with Crippen molar-refractivity contribution in [2.24, 2.45) is 35.3 Å². The van der Waals surface area contributed by atoms with E-state index in [0.29, 0.717) is 51.1 Å². The first-order valence-corrected chi connectivity index (χ1v) is 48.9. The zero-order chi connectivity index (χ0) is 101. The van der Waals surface area contributed by atoms with E-state index >= 15 is 33.6 Å². The van der Waals surface area contributed by atoms with Gasteiger partial charge in [0.1, 0.15) is 110 Å². The smallest absolute Gasteiger partial charge is 0.325 e. The summed E-state index contributed by atoms with van der Waals surface area (Å²) in [6.07, 6.45) is -11.7. The molecule has 7 heterocycles. The number of phenols is 2. The number of aliphatic hydroxyl groups is 6. The average Bonchev–Trinajstić information content (AvgIpc) is 0.756. The number of aliphatic hydroxyl groups excluding tert-OH is 6. The third kappa shape index (κ3) is 25.0. The Bertz CT molecular complexity index is 5460. The lowest BCUT2D eigenvalue weighted by molar-refractivity contribution is -0.333. The van der Waals surface area contributed by atoms with Crippen molar-refractivity contribution in [2.45, 2.75) is 248 Å². The lowest BCUT2D eigenvalue weighted by atomic mass is 9.54. The van der Waals surface area contributed by atoms with Gasteiger partial charge < -0.3 is 153 Å². The van der Waals surface area contributed by atoms with Crippen LogP contribution in [-0.2, 0) is 52.6 Å². The van der Waals surface area contributed by atoms with E-state index in [1.807, 2.05) is 34.6 Å². The highest BCUT2D eigenvalue weighted by atomic mass is 35.5. The maximum atomic E-state index is 17.0. The highest BCUT2D eigenvalue weighted by Gasteiger charge is 2.54. The van der Waals surface area contributed by atoms with Gasteiger partial charge in [0, 0.05) is 55.3 Å². The number of imide groups is 1. The Kier molecular flexibility index (Phi) is 35.0. The van der Waals surface area contributed by atoms with Gasteiger partial charge in [0.2, 0.25) is 65.0 Å². The van der Waals surface area contributed by atoms with Gasteiger partial charge >= 0.3 is 6.03 Å². The normalized spacial score (nSPS) is 28.2. The van der Waals surface area contributed by atoms with Crippen LogP contribution < -0.4 is 103 Å². The zero-order valence-electron chi connectivity index (χ0n) is 80.7. The summed E-state index contributed by atoms with van der Waals surface area (Å²) in [5.41, 5.74) is 4.62. The molecule has 4 saturated carbocycles. The van der Waals surface area contributed by atoms with Crippen LogP contribution in [0.5, 0.6) is 57.5 Å². The van der Waals surface area contributed by atoms with Crippen LogP contribution >= 0.6 is 11.6 Å². The number of fused-ring (bicyclic) bond motifs is 15. The van der Waals surface area contributed by atoms with Gasteiger partial charge in [-0.1, -0.05) is 64.4 Å². The summed E-state index contributed by atoms with van der Waals surface area (Å²) >= 11 is 7.39. The van der Waals surface area contributed by atoms with E-state index in [9.17, 15) is 50.4 Å². The summed E-state index contributed by atoms with van der Waals surface area (Å²) in [5, 5.41) is 133. The van der Waals surface area contributed by atoms with E-state index in [0.717, 1.165) is 63.5 Å². The fourth-order valence-electron chi connectivity index (χ4n) is 20.3. The fraction of sp³-hybridized carbons (Fsp3) is 0.550. The number of hydrogen-bond acceptors (Lipinski definition) is 31. The van der Waals surface area contributed by atoms with E-state index in [2.05, 4.69) is 69.1 Å². The SMILES string of the molecule is CCCNCCOc1cc(NC(=O)NC(=O)C[C@@H]2NC(=O)[C@H](NC(=O)[C@@H](CC(C)C)NC)[C@H](O)c3ccc(c(C)c3)Oc3cc4cc(c3O[C@@H]3O[C@H](CO)[C@@H](O)[C@H](O)[C@H]3O[C@H]3C[C@](C)(N)[C@H](O)[C@H](C)O3)Oc3ccc(cc3Cl)[C@@H](O)[C@@H]3NC(=O)[C@H](NC(=O)[C@@H]4NC2=O)c2ccc(O)c(c2)-c2c(C)cc(O)cc2[C@@H](C(=O)NC2C4CC5CC(C4)CC2C5)NC3=O)cc(OCCNCCC)c1OCCNCCC. The van der Waals surface area contributed by atoms with Crippen LogP contribution in [0.4, 0.5) is 10.5 Å². The second kappa shape index (κ2) is 46.8. The topological polar surface area (TPSA) is 581 Å². The Morgan fingerprint density at radius 2 is 1.21 bits per heavy atom. The first-order valence-electron chi connectivity index (χ1n) is 48.6. The van der Waals surface area contributed by atoms with Crippen molar-refractivity contribution in [3.63, 3.8) is 0 Å². The van der Waals surface area contributed by atoms with E-state index in [-0.39, 0.29) is 146 Å². The minimum Gasteiger partial charge on any atom is -0.508 e. The molecular weight excluding hydrogens is 1850 g/mol. The molecule has 40 nitrogen and oxygen atoms in total.